The van der Waals surface area contributed by atoms with Crippen LogP contribution < -0.4 is 9.47 Å². The number of allylic oxidation sites excluding steroid dienone is 1. The molecule has 24 heavy (non-hydrogen) atoms. The van der Waals surface area contributed by atoms with Gasteiger partial charge in [0.1, 0.15) is 17.3 Å². The average Bonchev–Trinajstić information content (AvgIpc) is 3.06. The van der Waals surface area contributed by atoms with Crippen molar-refractivity contribution in [2.24, 2.45) is 0 Å². The van der Waals surface area contributed by atoms with E-state index in [1.165, 1.54) is 0 Å². The van der Waals surface area contributed by atoms with E-state index in [2.05, 4.69) is 30.7 Å². The molecule has 4 rings (SSSR count). The van der Waals surface area contributed by atoms with Gasteiger partial charge in [-0.3, -0.25) is 0 Å². The summed E-state index contributed by atoms with van der Waals surface area (Å²) in [5.41, 5.74) is 4.42. The van der Waals surface area contributed by atoms with Gasteiger partial charge in [0.2, 0.25) is 0 Å². The third kappa shape index (κ3) is 2.67. The highest BCUT2D eigenvalue weighted by Gasteiger charge is 2.23. The predicted octanol–water partition coefficient (Wildman–Crippen LogP) is 5.10. The monoisotopic (exact) mass is 313 g/mol. The first-order valence-electron chi connectivity index (χ1n) is 7.91. The van der Waals surface area contributed by atoms with Crippen LogP contribution in [0.5, 0.6) is 11.5 Å². The Balaban J connectivity index is 1.84. The van der Waals surface area contributed by atoms with Crippen molar-refractivity contribution in [1.82, 2.24) is 0 Å². The van der Waals surface area contributed by atoms with Crippen molar-refractivity contribution in [3.63, 3.8) is 0 Å². The molecule has 0 spiro atoms. The number of hydrogen-bond acceptors (Lipinski definition) is 2. The first kappa shape index (κ1) is 14.6. The molecule has 0 unspecified atom stereocenters. The van der Waals surface area contributed by atoms with E-state index in [1.54, 1.807) is 7.11 Å². The van der Waals surface area contributed by atoms with Gasteiger partial charge in [-0.15, -0.1) is 0 Å². The van der Waals surface area contributed by atoms with Crippen molar-refractivity contribution in [3.05, 3.63) is 108 Å². The molecule has 3 aromatic carbocycles. The van der Waals surface area contributed by atoms with Crippen LogP contribution in [0.1, 0.15) is 16.7 Å². The van der Waals surface area contributed by atoms with Gasteiger partial charge in [-0.05, 0) is 17.2 Å². The summed E-state index contributed by atoms with van der Waals surface area (Å²) in [6.45, 7) is 0. The van der Waals surface area contributed by atoms with Gasteiger partial charge < -0.3 is 9.47 Å². The van der Waals surface area contributed by atoms with Crippen molar-refractivity contribution >= 4 is 5.57 Å². The van der Waals surface area contributed by atoms with Crippen LogP contribution in [0.25, 0.3) is 5.57 Å². The Labute approximate surface area is 142 Å². The molecule has 0 fully saturated rings. The van der Waals surface area contributed by atoms with Crippen molar-refractivity contribution in [2.75, 3.05) is 7.11 Å². The van der Waals surface area contributed by atoms with E-state index in [-0.39, 0.29) is 0 Å². The summed E-state index contributed by atoms with van der Waals surface area (Å²) in [6.07, 6.45) is 2.09. The Kier molecular flexibility index (Phi) is 3.80. The summed E-state index contributed by atoms with van der Waals surface area (Å²) in [6, 6.07) is 26.6. The molecule has 0 aromatic heterocycles. The second-order valence-corrected chi connectivity index (χ2v) is 5.62. The van der Waals surface area contributed by atoms with Crippen LogP contribution in [0, 0.1) is 6.42 Å². The fourth-order valence-corrected chi connectivity index (χ4v) is 2.92. The molecule has 0 saturated carbocycles. The van der Waals surface area contributed by atoms with Crippen molar-refractivity contribution in [2.45, 2.75) is 0 Å². The van der Waals surface area contributed by atoms with Gasteiger partial charge in [0.25, 0.3) is 0 Å². The van der Waals surface area contributed by atoms with Crippen molar-refractivity contribution in [3.8, 4) is 11.5 Å². The summed E-state index contributed by atoms with van der Waals surface area (Å²) in [5, 5.41) is 0. The second-order valence-electron chi connectivity index (χ2n) is 5.62. The zero-order valence-corrected chi connectivity index (χ0v) is 13.4. The fourth-order valence-electron chi connectivity index (χ4n) is 2.92. The molecule has 0 bridgehead atoms. The first-order valence-corrected chi connectivity index (χ1v) is 7.91. The highest BCUT2D eigenvalue weighted by molar-refractivity contribution is 5.84. The molecule has 117 valence electrons. The minimum Gasteiger partial charge on any atom is -0.497 e. The Bertz CT molecular complexity index is 839. The Morgan fingerprint density at radius 2 is 1.42 bits per heavy atom. The summed E-state index contributed by atoms with van der Waals surface area (Å²) in [7, 11) is 1.66. The molecule has 1 aliphatic heterocycles. The van der Waals surface area contributed by atoms with Crippen LogP contribution in [0.3, 0.4) is 0 Å². The maximum absolute atomic E-state index is 6.16. The summed E-state index contributed by atoms with van der Waals surface area (Å²) >= 11 is 0. The van der Waals surface area contributed by atoms with Crippen molar-refractivity contribution in [1.29, 1.82) is 0 Å². The van der Waals surface area contributed by atoms with Crippen LogP contribution >= 0.6 is 0 Å². The van der Waals surface area contributed by atoms with Crippen LogP contribution in [0.4, 0.5) is 0 Å². The summed E-state index contributed by atoms with van der Waals surface area (Å²) in [4.78, 5) is 0. The molecule has 1 aliphatic rings. The number of hydrogen-bond donors (Lipinski definition) is 0. The van der Waals surface area contributed by atoms with Gasteiger partial charge in [0.05, 0.1) is 13.5 Å². The largest absolute Gasteiger partial charge is 0.497 e. The first-order chi connectivity index (χ1) is 11.8. The van der Waals surface area contributed by atoms with Crippen LogP contribution in [-0.2, 0) is 0 Å². The molecular formula is C22H17O2. The Hall–Kier alpha value is -3.00. The van der Waals surface area contributed by atoms with Gasteiger partial charge in [-0.2, -0.15) is 0 Å². The van der Waals surface area contributed by atoms with E-state index in [0.29, 0.717) is 0 Å². The van der Waals surface area contributed by atoms with Gasteiger partial charge in [0, 0.05) is 17.2 Å². The molecule has 0 aliphatic carbocycles. The lowest BCUT2D eigenvalue weighted by molar-refractivity contribution is 0.408. The number of benzene rings is 3. The summed E-state index contributed by atoms with van der Waals surface area (Å²) in [5.74, 6) is 2.48. The van der Waals surface area contributed by atoms with Gasteiger partial charge in [-0.1, -0.05) is 66.7 Å². The number of methoxy groups -OCH3 is 1. The van der Waals surface area contributed by atoms with Crippen LogP contribution in [0.2, 0.25) is 0 Å². The number of ether oxygens (including phenoxy) is 2. The van der Waals surface area contributed by atoms with E-state index in [1.807, 2.05) is 54.6 Å². The standard InChI is InChI=1S/C22H17O2/c1-23-19-13-12-18-14-21(24-20(18)15-19)22(16-8-4-2-5-9-16)17-10-6-3-7-11-17/h2-15H,1H3. The third-order valence-electron chi connectivity index (χ3n) is 4.10. The number of rotatable bonds is 3. The molecule has 0 atom stereocenters. The number of fused-ring (bicyclic) bond motifs is 1. The minimum atomic E-state index is 0.796. The van der Waals surface area contributed by atoms with Crippen LogP contribution in [0.15, 0.2) is 84.6 Å². The maximum atomic E-state index is 6.16. The van der Waals surface area contributed by atoms with Gasteiger partial charge in [-0.25, -0.2) is 0 Å². The highest BCUT2D eigenvalue weighted by Crippen LogP contribution is 2.40. The highest BCUT2D eigenvalue weighted by atomic mass is 16.5. The molecule has 0 N–H and O–H groups in total. The lowest BCUT2D eigenvalue weighted by Crippen LogP contribution is -1.97. The quantitative estimate of drug-likeness (QED) is 0.670. The van der Waals surface area contributed by atoms with E-state index >= 15 is 0 Å². The van der Waals surface area contributed by atoms with E-state index in [4.69, 9.17) is 9.47 Å². The lowest BCUT2D eigenvalue weighted by atomic mass is 9.95. The predicted molar refractivity (Wildman–Crippen MR) is 95.9 cm³/mol. The zero-order valence-electron chi connectivity index (χ0n) is 13.4. The molecular weight excluding hydrogens is 296 g/mol. The fraction of sp³-hybridized carbons (Fsp3) is 0.0455. The molecule has 1 radical (unpaired) electrons. The average molecular weight is 313 g/mol. The normalized spacial score (nSPS) is 12.5. The zero-order chi connectivity index (χ0) is 16.4. The molecule has 0 amide bonds. The lowest BCUT2D eigenvalue weighted by Gasteiger charge is -2.12. The molecule has 2 nitrogen and oxygen atoms in total. The Morgan fingerprint density at radius 3 is 2.00 bits per heavy atom. The van der Waals surface area contributed by atoms with Crippen molar-refractivity contribution < 1.29 is 9.47 Å². The van der Waals surface area contributed by atoms with E-state index in [9.17, 15) is 0 Å². The summed E-state index contributed by atoms with van der Waals surface area (Å²) < 4.78 is 11.5. The topological polar surface area (TPSA) is 18.5 Å². The minimum absolute atomic E-state index is 0.796. The van der Waals surface area contributed by atoms with Crippen LogP contribution in [-0.4, -0.2) is 7.11 Å². The molecule has 3 aromatic rings. The van der Waals surface area contributed by atoms with E-state index < -0.39 is 0 Å². The maximum Gasteiger partial charge on any atom is 0.134 e. The SMILES string of the molecule is COc1ccc2c(c1)OC(=C(c1ccccc1)c1ccccc1)[CH]2. The Morgan fingerprint density at radius 1 is 0.792 bits per heavy atom. The second kappa shape index (κ2) is 6.25. The third-order valence-corrected chi connectivity index (χ3v) is 4.10. The smallest absolute Gasteiger partial charge is 0.134 e. The molecule has 0 saturated heterocycles. The molecule has 2 heteroatoms. The van der Waals surface area contributed by atoms with Gasteiger partial charge >= 0.3 is 0 Å². The molecule has 1 heterocycles. The van der Waals surface area contributed by atoms with E-state index in [0.717, 1.165) is 39.5 Å². The van der Waals surface area contributed by atoms with Gasteiger partial charge in [0.15, 0.2) is 0 Å².